The predicted molar refractivity (Wildman–Crippen MR) is 85.4 cm³/mol. The molecule has 112 valence electrons. The maximum Gasteiger partial charge on any atom is 0.224 e. The number of benzene rings is 1. The van der Waals surface area contributed by atoms with Gasteiger partial charge in [-0.15, -0.1) is 0 Å². The fourth-order valence-electron chi connectivity index (χ4n) is 2.11. The second-order valence-electron chi connectivity index (χ2n) is 4.99. The van der Waals surface area contributed by atoms with Crippen molar-refractivity contribution < 1.29 is 4.79 Å². The third-order valence-electron chi connectivity index (χ3n) is 3.27. The summed E-state index contributed by atoms with van der Waals surface area (Å²) in [6.07, 6.45) is 3.66. The molecule has 0 spiro atoms. The molecule has 3 aromatic rings. The Balaban J connectivity index is 1.49. The first kappa shape index (κ1) is 14.5. The molecular weight excluding hydrogens is 296 g/mol. The van der Waals surface area contributed by atoms with Gasteiger partial charge in [0.2, 0.25) is 5.91 Å². The Morgan fingerprint density at radius 3 is 2.64 bits per heavy atom. The highest BCUT2D eigenvalue weighted by atomic mass is 32.1. The maximum atomic E-state index is 11.8. The zero-order chi connectivity index (χ0) is 15.2. The van der Waals surface area contributed by atoms with E-state index in [0.717, 1.165) is 16.7 Å². The summed E-state index contributed by atoms with van der Waals surface area (Å²) in [6, 6.07) is 10.1. The number of thiophene rings is 1. The second kappa shape index (κ2) is 7.00. The molecule has 0 saturated carbocycles. The Morgan fingerprint density at radius 2 is 1.95 bits per heavy atom. The quantitative estimate of drug-likeness (QED) is 0.759. The van der Waals surface area contributed by atoms with Crippen LogP contribution in [0.25, 0.3) is 0 Å². The number of hydrogen-bond acceptors (Lipinski definition) is 4. The van der Waals surface area contributed by atoms with Crippen molar-refractivity contribution in [3.05, 3.63) is 70.4 Å². The number of carbonyl (C=O) groups is 1. The van der Waals surface area contributed by atoms with Crippen LogP contribution in [0.15, 0.2) is 53.7 Å². The molecule has 0 bridgehead atoms. The molecule has 0 unspecified atom stereocenters. The van der Waals surface area contributed by atoms with Crippen LogP contribution in [-0.4, -0.2) is 20.7 Å². The van der Waals surface area contributed by atoms with Crippen molar-refractivity contribution in [3.8, 4) is 0 Å². The first-order valence-electron chi connectivity index (χ1n) is 6.97. The average molecular weight is 312 g/mol. The maximum absolute atomic E-state index is 11.8. The van der Waals surface area contributed by atoms with E-state index in [9.17, 15) is 4.79 Å². The number of hydrogen-bond donors (Lipinski definition) is 1. The minimum atomic E-state index is 0.0464. The molecule has 0 aliphatic heterocycles. The van der Waals surface area contributed by atoms with Gasteiger partial charge in [-0.1, -0.05) is 24.3 Å². The highest BCUT2D eigenvalue weighted by Gasteiger charge is 2.04. The monoisotopic (exact) mass is 312 g/mol. The van der Waals surface area contributed by atoms with Crippen LogP contribution < -0.4 is 5.32 Å². The summed E-state index contributed by atoms with van der Waals surface area (Å²) in [6.45, 7) is 1.25. The van der Waals surface area contributed by atoms with E-state index in [1.54, 1.807) is 22.3 Å². The summed E-state index contributed by atoms with van der Waals surface area (Å²) in [5, 5.41) is 11.0. The van der Waals surface area contributed by atoms with Crippen molar-refractivity contribution in [1.29, 1.82) is 0 Å². The van der Waals surface area contributed by atoms with E-state index >= 15 is 0 Å². The Morgan fingerprint density at radius 1 is 1.14 bits per heavy atom. The first-order valence-corrected chi connectivity index (χ1v) is 7.92. The highest BCUT2D eigenvalue weighted by Crippen LogP contribution is 2.08. The number of carbonyl (C=O) groups excluding carboxylic acids is 1. The molecule has 1 amide bonds. The zero-order valence-electron chi connectivity index (χ0n) is 12.0. The minimum absolute atomic E-state index is 0.0464. The topological polar surface area (TPSA) is 59.8 Å². The van der Waals surface area contributed by atoms with E-state index in [0.29, 0.717) is 19.5 Å². The van der Waals surface area contributed by atoms with Crippen LogP contribution in [0.4, 0.5) is 0 Å². The minimum Gasteiger partial charge on any atom is -0.352 e. The molecule has 3 rings (SSSR count). The largest absolute Gasteiger partial charge is 0.352 e. The smallest absolute Gasteiger partial charge is 0.224 e. The number of nitrogens with one attached hydrogen (secondary N) is 1. The lowest BCUT2D eigenvalue weighted by molar-refractivity contribution is -0.120. The molecule has 22 heavy (non-hydrogen) atoms. The van der Waals surface area contributed by atoms with Crippen molar-refractivity contribution >= 4 is 17.2 Å². The molecule has 0 atom stereocenters. The molecule has 0 aliphatic rings. The molecule has 0 saturated heterocycles. The normalized spacial score (nSPS) is 10.5. The first-order chi connectivity index (χ1) is 10.8. The summed E-state index contributed by atoms with van der Waals surface area (Å²) in [5.41, 5.74) is 3.30. The van der Waals surface area contributed by atoms with Crippen molar-refractivity contribution in [2.24, 2.45) is 0 Å². The van der Waals surface area contributed by atoms with Crippen LogP contribution in [0.3, 0.4) is 0 Å². The highest BCUT2D eigenvalue weighted by molar-refractivity contribution is 7.07. The van der Waals surface area contributed by atoms with E-state index in [-0.39, 0.29) is 5.91 Å². The van der Waals surface area contributed by atoms with Crippen LogP contribution >= 0.6 is 11.3 Å². The van der Waals surface area contributed by atoms with Gasteiger partial charge in [-0.2, -0.15) is 16.4 Å². The lowest BCUT2D eigenvalue weighted by Crippen LogP contribution is -2.24. The van der Waals surface area contributed by atoms with Crippen molar-refractivity contribution in [1.82, 2.24) is 20.1 Å². The number of rotatable bonds is 6. The summed E-state index contributed by atoms with van der Waals surface area (Å²) >= 11 is 1.61. The molecular formula is C16H16N4OS. The zero-order valence-corrected chi connectivity index (χ0v) is 12.8. The Labute approximate surface area is 132 Å². The van der Waals surface area contributed by atoms with Gasteiger partial charge in [0.1, 0.15) is 12.7 Å². The van der Waals surface area contributed by atoms with E-state index in [2.05, 4.69) is 15.4 Å². The molecule has 5 nitrogen and oxygen atoms in total. The van der Waals surface area contributed by atoms with E-state index in [1.165, 1.54) is 6.33 Å². The van der Waals surface area contributed by atoms with Gasteiger partial charge in [0.05, 0.1) is 13.0 Å². The second-order valence-corrected chi connectivity index (χ2v) is 5.77. The van der Waals surface area contributed by atoms with Gasteiger partial charge in [0, 0.05) is 6.54 Å². The summed E-state index contributed by atoms with van der Waals surface area (Å²) in [4.78, 5) is 15.8. The van der Waals surface area contributed by atoms with Crippen LogP contribution in [0.1, 0.15) is 16.7 Å². The Hall–Kier alpha value is -2.47. The molecule has 1 aromatic carbocycles. The van der Waals surface area contributed by atoms with Crippen molar-refractivity contribution in [2.75, 3.05) is 0 Å². The lowest BCUT2D eigenvalue weighted by atomic mass is 10.1. The number of aromatic nitrogens is 3. The van der Waals surface area contributed by atoms with Gasteiger partial charge in [0.25, 0.3) is 0 Å². The molecule has 0 radical (unpaired) electrons. The number of amides is 1. The standard InChI is InChI=1S/C16H16N4OS/c21-16(7-15-5-6-22-10-15)18-8-13-1-3-14(4-2-13)9-20-12-17-11-19-20/h1-6,10-12H,7-9H2,(H,18,21). The van der Waals surface area contributed by atoms with Crippen LogP contribution in [0.5, 0.6) is 0 Å². The Bertz CT molecular complexity index is 705. The molecule has 2 aromatic heterocycles. The SMILES string of the molecule is O=C(Cc1ccsc1)NCc1ccc(Cn2cncn2)cc1. The van der Waals surface area contributed by atoms with Crippen LogP contribution in [-0.2, 0) is 24.3 Å². The average Bonchev–Trinajstić information content (AvgIpc) is 3.20. The van der Waals surface area contributed by atoms with Gasteiger partial charge in [-0.05, 0) is 33.5 Å². The molecule has 2 heterocycles. The van der Waals surface area contributed by atoms with E-state index in [1.807, 2.05) is 41.1 Å². The van der Waals surface area contributed by atoms with Gasteiger partial charge in [-0.3, -0.25) is 4.79 Å². The molecule has 6 heteroatoms. The molecule has 0 aliphatic carbocycles. The fourth-order valence-corrected chi connectivity index (χ4v) is 2.77. The third kappa shape index (κ3) is 4.02. The lowest BCUT2D eigenvalue weighted by Gasteiger charge is -2.06. The summed E-state index contributed by atoms with van der Waals surface area (Å²) < 4.78 is 1.78. The molecule has 1 N–H and O–H groups in total. The Kier molecular flexibility index (Phi) is 4.60. The predicted octanol–water partition coefficient (Wildman–Crippen LogP) is 2.25. The summed E-state index contributed by atoms with van der Waals surface area (Å²) in [7, 11) is 0. The van der Waals surface area contributed by atoms with Gasteiger partial charge >= 0.3 is 0 Å². The van der Waals surface area contributed by atoms with Crippen LogP contribution in [0, 0.1) is 0 Å². The summed E-state index contributed by atoms with van der Waals surface area (Å²) in [5.74, 6) is 0.0464. The fraction of sp³-hybridized carbons (Fsp3) is 0.188. The van der Waals surface area contributed by atoms with Gasteiger partial charge in [-0.25, -0.2) is 9.67 Å². The van der Waals surface area contributed by atoms with Crippen molar-refractivity contribution in [3.63, 3.8) is 0 Å². The third-order valence-corrected chi connectivity index (χ3v) is 4.00. The van der Waals surface area contributed by atoms with E-state index in [4.69, 9.17) is 0 Å². The van der Waals surface area contributed by atoms with Crippen molar-refractivity contribution in [2.45, 2.75) is 19.5 Å². The van der Waals surface area contributed by atoms with Gasteiger partial charge < -0.3 is 5.32 Å². The van der Waals surface area contributed by atoms with E-state index < -0.39 is 0 Å². The molecule has 0 fully saturated rings. The number of nitrogens with zero attached hydrogens (tertiary/aromatic N) is 3. The van der Waals surface area contributed by atoms with Crippen LogP contribution in [0.2, 0.25) is 0 Å². The van der Waals surface area contributed by atoms with Gasteiger partial charge in [0.15, 0.2) is 0 Å².